The zero-order valence-electron chi connectivity index (χ0n) is 11.6. The second kappa shape index (κ2) is 4.72. The number of nitriles is 1. The van der Waals surface area contributed by atoms with E-state index in [4.69, 9.17) is 16.9 Å². The Labute approximate surface area is 132 Å². The van der Waals surface area contributed by atoms with Gasteiger partial charge in [0.25, 0.3) is 0 Å². The van der Waals surface area contributed by atoms with E-state index in [2.05, 4.69) is 11.1 Å². The van der Waals surface area contributed by atoms with Crippen LogP contribution in [0, 0.1) is 11.3 Å². The number of aromatic amines is 1. The van der Waals surface area contributed by atoms with Crippen LogP contribution in [0.3, 0.4) is 0 Å². The molecule has 4 rings (SSSR count). The van der Waals surface area contributed by atoms with Crippen LogP contribution >= 0.6 is 11.6 Å². The van der Waals surface area contributed by atoms with Crippen molar-refractivity contribution in [2.24, 2.45) is 0 Å². The molecule has 1 N–H and O–H groups in total. The first-order chi connectivity index (χ1) is 10.7. The lowest BCUT2D eigenvalue weighted by molar-refractivity contribution is 0.0991. The third kappa shape index (κ3) is 1.85. The van der Waals surface area contributed by atoms with Crippen molar-refractivity contribution in [3.63, 3.8) is 0 Å². The van der Waals surface area contributed by atoms with Crippen LogP contribution in [-0.2, 0) is 0 Å². The van der Waals surface area contributed by atoms with E-state index in [-0.39, 0.29) is 11.7 Å². The molecule has 0 spiro atoms. The number of hydrogen-bond acceptors (Lipinski definition) is 2. The molecule has 0 saturated heterocycles. The molecule has 0 saturated carbocycles. The summed E-state index contributed by atoms with van der Waals surface area (Å²) in [5.41, 5.74) is 4.35. The number of rotatable bonds is 1. The van der Waals surface area contributed by atoms with E-state index in [1.807, 2.05) is 24.4 Å². The Hall–Kier alpha value is -2.57. The molecule has 2 aromatic carbocycles. The Kier molecular flexibility index (Phi) is 2.82. The molecule has 22 heavy (non-hydrogen) atoms. The van der Waals surface area contributed by atoms with Crippen LogP contribution in [0.5, 0.6) is 0 Å². The van der Waals surface area contributed by atoms with Crippen molar-refractivity contribution in [1.82, 2.24) is 4.98 Å². The summed E-state index contributed by atoms with van der Waals surface area (Å²) in [5.74, 6) is 0.131. The lowest BCUT2D eigenvalue weighted by atomic mass is 9.92. The fourth-order valence-electron chi connectivity index (χ4n) is 3.26. The van der Waals surface area contributed by atoms with Crippen molar-refractivity contribution in [3.8, 4) is 6.07 Å². The van der Waals surface area contributed by atoms with Gasteiger partial charge in [-0.3, -0.25) is 4.79 Å². The van der Waals surface area contributed by atoms with Crippen LogP contribution < -0.4 is 0 Å². The minimum atomic E-state index is -0.0103. The molecule has 0 aliphatic heterocycles. The van der Waals surface area contributed by atoms with Gasteiger partial charge < -0.3 is 4.98 Å². The molecule has 1 atom stereocenters. The summed E-state index contributed by atoms with van der Waals surface area (Å²) in [4.78, 5) is 15.5. The lowest BCUT2D eigenvalue weighted by Gasteiger charge is -2.10. The van der Waals surface area contributed by atoms with E-state index in [0.29, 0.717) is 17.0 Å². The number of halogens is 1. The third-order valence-electron chi connectivity index (χ3n) is 4.30. The summed E-state index contributed by atoms with van der Waals surface area (Å²) >= 11 is 6.10. The summed E-state index contributed by atoms with van der Waals surface area (Å²) in [7, 11) is 0. The highest BCUT2D eigenvalue weighted by atomic mass is 35.5. The Morgan fingerprint density at radius 3 is 2.86 bits per heavy atom. The summed E-state index contributed by atoms with van der Waals surface area (Å²) in [6.45, 7) is 0. The summed E-state index contributed by atoms with van der Waals surface area (Å²) in [6, 6.07) is 13.1. The van der Waals surface area contributed by atoms with Crippen LogP contribution in [0.4, 0.5) is 0 Å². The molecule has 3 aromatic rings. The minimum Gasteiger partial charge on any atom is -0.361 e. The normalized spacial score (nSPS) is 16.7. The number of H-pyrrole nitrogens is 1. The molecule has 0 radical (unpaired) electrons. The number of benzene rings is 2. The van der Waals surface area contributed by atoms with Gasteiger partial charge in [0.05, 0.1) is 11.6 Å². The Balaban J connectivity index is 1.93. The number of carbonyl (C=O) groups excluding carboxylic acids is 1. The second-order valence-corrected chi connectivity index (χ2v) is 5.96. The molecule has 1 unspecified atom stereocenters. The highest BCUT2D eigenvalue weighted by molar-refractivity contribution is 6.30. The topological polar surface area (TPSA) is 56.6 Å². The smallest absolute Gasteiger partial charge is 0.164 e. The first-order valence-corrected chi connectivity index (χ1v) is 7.39. The average molecular weight is 307 g/mol. The van der Waals surface area contributed by atoms with Gasteiger partial charge >= 0.3 is 0 Å². The SMILES string of the molecule is N#Cc1ccc2[nH]cc(C3CC(=O)c4ccc(Cl)cc43)c2c1. The molecule has 1 aliphatic rings. The quantitative estimate of drug-likeness (QED) is 0.724. The van der Waals surface area contributed by atoms with Gasteiger partial charge in [-0.15, -0.1) is 0 Å². The summed E-state index contributed by atoms with van der Waals surface area (Å²) in [5, 5.41) is 10.7. The molecule has 3 nitrogen and oxygen atoms in total. The number of hydrogen-bond donors (Lipinski definition) is 1. The minimum absolute atomic E-state index is 0.0103. The first-order valence-electron chi connectivity index (χ1n) is 7.01. The zero-order valence-corrected chi connectivity index (χ0v) is 12.3. The van der Waals surface area contributed by atoms with Crippen LogP contribution in [0.2, 0.25) is 5.02 Å². The van der Waals surface area contributed by atoms with Crippen LogP contribution in [0.25, 0.3) is 10.9 Å². The monoisotopic (exact) mass is 306 g/mol. The number of carbonyl (C=O) groups is 1. The number of ketones is 1. The zero-order chi connectivity index (χ0) is 15.3. The van der Waals surface area contributed by atoms with Crippen molar-refractivity contribution in [3.05, 3.63) is 69.9 Å². The molecule has 0 fully saturated rings. The van der Waals surface area contributed by atoms with Crippen LogP contribution in [0.1, 0.15) is 39.4 Å². The van der Waals surface area contributed by atoms with Crippen molar-refractivity contribution in [2.45, 2.75) is 12.3 Å². The maximum Gasteiger partial charge on any atom is 0.164 e. The van der Waals surface area contributed by atoms with Gasteiger partial charge in [-0.2, -0.15) is 5.26 Å². The van der Waals surface area contributed by atoms with E-state index >= 15 is 0 Å². The number of fused-ring (bicyclic) bond motifs is 2. The third-order valence-corrected chi connectivity index (χ3v) is 4.53. The van der Waals surface area contributed by atoms with E-state index in [1.54, 1.807) is 18.2 Å². The van der Waals surface area contributed by atoms with Crippen molar-refractivity contribution in [1.29, 1.82) is 5.26 Å². The molecule has 1 aliphatic carbocycles. The van der Waals surface area contributed by atoms with E-state index in [9.17, 15) is 4.79 Å². The maximum absolute atomic E-state index is 12.2. The lowest BCUT2D eigenvalue weighted by Crippen LogP contribution is -1.96. The second-order valence-electron chi connectivity index (χ2n) is 5.53. The molecule has 106 valence electrons. The molecular formula is C18H11ClN2O. The molecule has 0 bridgehead atoms. The van der Waals surface area contributed by atoms with Gasteiger partial charge in [0.1, 0.15) is 0 Å². The van der Waals surface area contributed by atoms with Gasteiger partial charge in [-0.05, 0) is 47.5 Å². The van der Waals surface area contributed by atoms with Crippen molar-refractivity contribution >= 4 is 28.3 Å². The maximum atomic E-state index is 12.2. The fourth-order valence-corrected chi connectivity index (χ4v) is 3.44. The largest absolute Gasteiger partial charge is 0.361 e. The van der Waals surface area contributed by atoms with Crippen LogP contribution in [-0.4, -0.2) is 10.8 Å². The highest BCUT2D eigenvalue weighted by Gasteiger charge is 2.32. The number of nitrogens with one attached hydrogen (secondary N) is 1. The van der Waals surface area contributed by atoms with Crippen LogP contribution in [0.15, 0.2) is 42.6 Å². The van der Waals surface area contributed by atoms with E-state index < -0.39 is 0 Å². The van der Waals surface area contributed by atoms with Crippen molar-refractivity contribution in [2.75, 3.05) is 0 Å². The number of nitrogens with zero attached hydrogens (tertiary/aromatic N) is 1. The highest BCUT2D eigenvalue weighted by Crippen LogP contribution is 2.41. The predicted octanol–water partition coefficient (Wildman–Crippen LogP) is 4.41. The van der Waals surface area contributed by atoms with Gasteiger partial charge in [-0.25, -0.2) is 0 Å². The van der Waals surface area contributed by atoms with Gasteiger partial charge in [0.15, 0.2) is 5.78 Å². The molecule has 1 aromatic heterocycles. The van der Waals surface area contributed by atoms with Gasteiger partial charge in [0.2, 0.25) is 0 Å². The molecule has 0 amide bonds. The Morgan fingerprint density at radius 2 is 2.05 bits per heavy atom. The standard InChI is InChI=1S/C18H11ClN2O/c19-11-2-3-12-13(6-11)14(7-18(12)22)16-9-21-17-4-1-10(8-20)5-15(16)17/h1-6,9,14,21H,7H2. The molecule has 4 heteroatoms. The number of aromatic nitrogens is 1. The summed E-state index contributed by atoms with van der Waals surface area (Å²) in [6.07, 6.45) is 2.37. The van der Waals surface area contributed by atoms with E-state index in [0.717, 1.165) is 27.6 Å². The number of Topliss-reactive ketones (excluding diaryl/α,β-unsaturated/α-hetero) is 1. The Bertz CT molecular complexity index is 965. The predicted molar refractivity (Wildman–Crippen MR) is 85.3 cm³/mol. The van der Waals surface area contributed by atoms with E-state index in [1.165, 1.54) is 0 Å². The van der Waals surface area contributed by atoms with Gasteiger partial charge in [-0.1, -0.05) is 11.6 Å². The average Bonchev–Trinajstić information content (AvgIpc) is 3.07. The first kappa shape index (κ1) is 13.1. The molecule has 1 heterocycles. The molecular weight excluding hydrogens is 296 g/mol. The fraction of sp³-hybridized carbons (Fsp3) is 0.111. The van der Waals surface area contributed by atoms with Crippen molar-refractivity contribution < 1.29 is 4.79 Å². The van der Waals surface area contributed by atoms with Gasteiger partial charge in [0, 0.05) is 40.0 Å². The summed E-state index contributed by atoms with van der Waals surface area (Å²) < 4.78 is 0. The Morgan fingerprint density at radius 1 is 1.18 bits per heavy atom.